The van der Waals surface area contributed by atoms with E-state index in [2.05, 4.69) is 10.6 Å². The Morgan fingerprint density at radius 3 is 2.45 bits per heavy atom. The maximum Gasteiger partial charge on any atom is 0.246 e. The number of benzene rings is 1. The van der Waals surface area contributed by atoms with Gasteiger partial charge in [0.1, 0.15) is 6.04 Å². The van der Waals surface area contributed by atoms with Crippen molar-refractivity contribution in [1.82, 2.24) is 5.32 Å². The second-order valence-corrected chi connectivity index (χ2v) is 6.37. The molecule has 1 saturated carbocycles. The van der Waals surface area contributed by atoms with Crippen molar-refractivity contribution >= 4 is 17.5 Å². The predicted molar refractivity (Wildman–Crippen MR) is 88.7 cm³/mol. The van der Waals surface area contributed by atoms with Gasteiger partial charge in [-0.05, 0) is 45.2 Å². The molecule has 0 bridgehead atoms. The van der Waals surface area contributed by atoms with E-state index in [-0.39, 0.29) is 17.7 Å². The minimum atomic E-state index is -0.518. The first kappa shape index (κ1) is 16.5. The van der Waals surface area contributed by atoms with Gasteiger partial charge in [0.25, 0.3) is 0 Å². The largest absolute Gasteiger partial charge is 0.344 e. The van der Waals surface area contributed by atoms with Crippen molar-refractivity contribution in [2.24, 2.45) is 5.92 Å². The number of nitrogens with one attached hydrogen (secondary N) is 2. The van der Waals surface area contributed by atoms with E-state index >= 15 is 0 Å². The monoisotopic (exact) mass is 302 g/mol. The fraction of sp³-hybridized carbons (Fsp3) is 0.556. The van der Waals surface area contributed by atoms with Gasteiger partial charge in [-0.25, -0.2) is 0 Å². The molecule has 1 aliphatic carbocycles. The standard InChI is InChI=1S/C18H26N2O2/c1-12-9-10-16(13(2)11-12)20-17(21)14(3)19-18(22)15-7-5-4-6-8-15/h9-11,14-15H,4-8H2,1-3H3,(H,19,22)(H,20,21)/t14-/m1/s1. The molecule has 1 aromatic carbocycles. The summed E-state index contributed by atoms with van der Waals surface area (Å²) in [5.74, 6) is -0.0794. The summed E-state index contributed by atoms with van der Waals surface area (Å²) >= 11 is 0. The number of rotatable bonds is 4. The number of hydrogen-bond donors (Lipinski definition) is 2. The molecular weight excluding hydrogens is 276 g/mol. The van der Waals surface area contributed by atoms with Crippen LogP contribution in [0.25, 0.3) is 0 Å². The SMILES string of the molecule is Cc1ccc(NC(=O)[C@@H](C)NC(=O)C2CCCCC2)c(C)c1. The molecule has 0 aliphatic heterocycles. The molecule has 1 aromatic rings. The molecule has 0 heterocycles. The molecule has 0 saturated heterocycles. The molecule has 2 rings (SSSR count). The van der Waals surface area contributed by atoms with E-state index in [1.165, 1.54) is 6.42 Å². The van der Waals surface area contributed by atoms with Gasteiger partial charge in [0.2, 0.25) is 11.8 Å². The van der Waals surface area contributed by atoms with Crippen LogP contribution in [0, 0.1) is 19.8 Å². The maximum absolute atomic E-state index is 12.2. The first-order valence-electron chi connectivity index (χ1n) is 8.16. The summed E-state index contributed by atoms with van der Waals surface area (Å²) in [5.41, 5.74) is 2.99. The molecule has 120 valence electrons. The molecule has 0 unspecified atom stereocenters. The molecule has 22 heavy (non-hydrogen) atoms. The Labute approximate surface area is 132 Å². The van der Waals surface area contributed by atoms with Crippen molar-refractivity contribution < 1.29 is 9.59 Å². The van der Waals surface area contributed by atoms with Crippen molar-refractivity contribution in [1.29, 1.82) is 0 Å². The second-order valence-electron chi connectivity index (χ2n) is 6.37. The minimum absolute atomic E-state index is 0.0166. The van der Waals surface area contributed by atoms with Crippen LogP contribution in [0.3, 0.4) is 0 Å². The lowest BCUT2D eigenvalue weighted by atomic mass is 9.88. The van der Waals surface area contributed by atoms with Gasteiger partial charge in [-0.1, -0.05) is 37.0 Å². The number of amides is 2. The summed E-state index contributed by atoms with van der Waals surface area (Å²) in [6.45, 7) is 5.72. The van der Waals surface area contributed by atoms with Crippen LogP contribution in [-0.2, 0) is 9.59 Å². The zero-order chi connectivity index (χ0) is 16.1. The normalized spacial score (nSPS) is 16.9. The van der Waals surface area contributed by atoms with Gasteiger partial charge >= 0.3 is 0 Å². The Morgan fingerprint density at radius 2 is 1.82 bits per heavy atom. The van der Waals surface area contributed by atoms with Crippen molar-refractivity contribution in [3.8, 4) is 0 Å². The van der Waals surface area contributed by atoms with E-state index < -0.39 is 6.04 Å². The summed E-state index contributed by atoms with van der Waals surface area (Å²) in [4.78, 5) is 24.4. The molecule has 2 N–H and O–H groups in total. The number of hydrogen-bond acceptors (Lipinski definition) is 2. The van der Waals surface area contributed by atoms with Gasteiger partial charge in [0.15, 0.2) is 0 Å². The van der Waals surface area contributed by atoms with Crippen molar-refractivity contribution in [2.75, 3.05) is 5.32 Å². The fourth-order valence-electron chi connectivity index (χ4n) is 2.96. The Kier molecular flexibility index (Phi) is 5.58. The highest BCUT2D eigenvalue weighted by molar-refractivity contribution is 5.97. The summed E-state index contributed by atoms with van der Waals surface area (Å²) in [6.07, 6.45) is 5.32. The van der Waals surface area contributed by atoms with E-state index in [0.29, 0.717) is 0 Å². The average Bonchev–Trinajstić information content (AvgIpc) is 2.50. The van der Waals surface area contributed by atoms with Crippen molar-refractivity contribution in [2.45, 2.75) is 58.9 Å². The zero-order valence-electron chi connectivity index (χ0n) is 13.7. The Bertz CT molecular complexity index is 548. The molecule has 0 aromatic heterocycles. The van der Waals surface area contributed by atoms with Crippen LogP contribution in [0.1, 0.15) is 50.2 Å². The highest BCUT2D eigenvalue weighted by Gasteiger charge is 2.24. The van der Waals surface area contributed by atoms with E-state index in [1.807, 2.05) is 32.0 Å². The first-order valence-corrected chi connectivity index (χ1v) is 8.16. The smallest absolute Gasteiger partial charge is 0.246 e. The number of aryl methyl sites for hydroxylation is 2. The van der Waals surface area contributed by atoms with Gasteiger partial charge in [0.05, 0.1) is 0 Å². The Morgan fingerprint density at radius 1 is 1.14 bits per heavy atom. The van der Waals surface area contributed by atoms with Gasteiger partial charge in [-0.3, -0.25) is 9.59 Å². The molecule has 2 amide bonds. The predicted octanol–water partition coefficient (Wildman–Crippen LogP) is 3.33. The molecule has 1 atom stereocenters. The van der Waals surface area contributed by atoms with Crippen LogP contribution in [0.4, 0.5) is 5.69 Å². The van der Waals surface area contributed by atoms with E-state index in [0.717, 1.165) is 42.5 Å². The van der Waals surface area contributed by atoms with Crippen LogP contribution in [0.5, 0.6) is 0 Å². The highest BCUT2D eigenvalue weighted by Crippen LogP contribution is 2.23. The first-order chi connectivity index (χ1) is 10.5. The van der Waals surface area contributed by atoms with Crippen LogP contribution >= 0.6 is 0 Å². The second kappa shape index (κ2) is 7.43. The van der Waals surface area contributed by atoms with E-state index in [4.69, 9.17) is 0 Å². The quantitative estimate of drug-likeness (QED) is 0.896. The third-order valence-corrected chi connectivity index (χ3v) is 4.37. The lowest BCUT2D eigenvalue weighted by Crippen LogP contribution is -2.44. The summed E-state index contributed by atoms with van der Waals surface area (Å²) in [7, 11) is 0. The van der Waals surface area contributed by atoms with Crippen molar-refractivity contribution in [3.05, 3.63) is 29.3 Å². The van der Waals surface area contributed by atoms with Crippen LogP contribution < -0.4 is 10.6 Å². The molecular formula is C18H26N2O2. The summed E-state index contributed by atoms with van der Waals surface area (Å²) < 4.78 is 0. The average molecular weight is 302 g/mol. The molecule has 0 radical (unpaired) electrons. The van der Waals surface area contributed by atoms with Crippen LogP contribution in [-0.4, -0.2) is 17.9 Å². The van der Waals surface area contributed by atoms with E-state index in [9.17, 15) is 9.59 Å². The molecule has 1 aliphatic rings. The molecule has 1 fully saturated rings. The molecule has 4 nitrogen and oxygen atoms in total. The molecule has 4 heteroatoms. The third kappa shape index (κ3) is 4.33. The summed E-state index contributed by atoms with van der Waals surface area (Å²) in [6, 6.07) is 5.38. The van der Waals surface area contributed by atoms with E-state index in [1.54, 1.807) is 6.92 Å². The minimum Gasteiger partial charge on any atom is -0.344 e. The van der Waals surface area contributed by atoms with Gasteiger partial charge in [0, 0.05) is 11.6 Å². The van der Waals surface area contributed by atoms with Crippen LogP contribution in [0.15, 0.2) is 18.2 Å². The number of carbonyl (C=O) groups excluding carboxylic acids is 2. The fourth-order valence-corrected chi connectivity index (χ4v) is 2.96. The Balaban J connectivity index is 1.89. The molecule has 0 spiro atoms. The third-order valence-electron chi connectivity index (χ3n) is 4.37. The zero-order valence-corrected chi connectivity index (χ0v) is 13.7. The van der Waals surface area contributed by atoms with Crippen LogP contribution in [0.2, 0.25) is 0 Å². The summed E-state index contributed by atoms with van der Waals surface area (Å²) in [5, 5.41) is 5.74. The lowest BCUT2D eigenvalue weighted by Gasteiger charge is -2.23. The van der Waals surface area contributed by atoms with Crippen molar-refractivity contribution in [3.63, 3.8) is 0 Å². The Hall–Kier alpha value is -1.84. The highest BCUT2D eigenvalue weighted by atomic mass is 16.2. The topological polar surface area (TPSA) is 58.2 Å². The van der Waals surface area contributed by atoms with Gasteiger partial charge in [-0.15, -0.1) is 0 Å². The number of carbonyl (C=O) groups is 2. The lowest BCUT2D eigenvalue weighted by molar-refractivity contribution is -0.129. The number of anilines is 1. The van der Waals surface area contributed by atoms with Gasteiger partial charge < -0.3 is 10.6 Å². The van der Waals surface area contributed by atoms with Gasteiger partial charge in [-0.2, -0.15) is 0 Å². The maximum atomic E-state index is 12.2.